The quantitative estimate of drug-likeness (QED) is 0.725. The van der Waals surface area contributed by atoms with Crippen molar-refractivity contribution in [1.82, 2.24) is 0 Å². The van der Waals surface area contributed by atoms with Crippen LogP contribution in [-0.4, -0.2) is 5.78 Å². The fraction of sp³-hybridized carbons (Fsp3) is 0.417. The molecule has 0 aliphatic heterocycles. The Kier molecular flexibility index (Phi) is 3.17. The van der Waals surface area contributed by atoms with Crippen LogP contribution < -0.4 is 0 Å². The summed E-state index contributed by atoms with van der Waals surface area (Å²) in [5.74, 6) is -0.708. The van der Waals surface area contributed by atoms with E-state index in [4.69, 9.17) is 11.6 Å². The first-order valence-electron chi connectivity index (χ1n) is 5.30. The van der Waals surface area contributed by atoms with E-state index in [-0.39, 0.29) is 16.5 Å². The van der Waals surface area contributed by atoms with E-state index in [0.717, 1.165) is 24.6 Å². The molecule has 0 spiro atoms. The van der Waals surface area contributed by atoms with Crippen molar-refractivity contribution >= 4 is 17.4 Å². The lowest BCUT2D eigenvalue weighted by atomic mass is 9.79. The van der Waals surface area contributed by atoms with E-state index >= 15 is 0 Å². The number of rotatable bonds is 2. The summed E-state index contributed by atoms with van der Waals surface area (Å²) in [6.07, 6.45) is -2.27. The van der Waals surface area contributed by atoms with Crippen molar-refractivity contribution in [3.8, 4) is 0 Å². The molecule has 92 valence electrons. The number of hydrogen-bond acceptors (Lipinski definition) is 1. The van der Waals surface area contributed by atoms with Crippen LogP contribution in [0.2, 0.25) is 5.02 Å². The summed E-state index contributed by atoms with van der Waals surface area (Å²) in [7, 11) is 0. The van der Waals surface area contributed by atoms with Gasteiger partial charge in [0.05, 0.1) is 5.56 Å². The molecule has 1 nitrogen and oxygen atoms in total. The Morgan fingerprint density at radius 2 is 1.94 bits per heavy atom. The van der Waals surface area contributed by atoms with Gasteiger partial charge in [0, 0.05) is 16.5 Å². The average molecular weight is 263 g/mol. The summed E-state index contributed by atoms with van der Waals surface area (Å²) in [4.78, 5) is 11.9. The molecule has 1 fully saturated rings. The highest BCUT2D eigenvalue weighted by Gasteiger charge is 2.37. The monoisotopic (exact) mass is 262 g/mol. The van der Waals surface area contributed by atoms with Gasteiger partial charge < -0.3 is 0 Å². The Morgan fingerprint density at radius 1 is 1.29 bits per heavy atom. The van der Waals surface area contributed by atoms with Crippen LogP contribution in [0.3, 0.4) is 0 Å². The molecule has 0 heterocycles. The Morgan fingerprint density at radius 3 is 2.41 bits per heavy atom. The van der Waals surface area contributed by atoms with Gasteiger partial charge in [-0.05, 0) is 31.0 Å². The van der Waals surface area contributed by atoms with E-state index in [1.165, 1.54) is 0 Å². The second-order valence-corrected chi connectivity index (χ2v) is 4.62. The fourth-order valence-electron chi connectivity index (χ4n) is 1.86. The highest BCUT2D eigenvalue weighted by molar-refractivity contribution is 6.31. The third-order valence-corrected chi connectivity index (χ3v) is 3.26. The molecule has 0 bridgehead atoms. The smallest absolute Gasteiger partial charge is 0.294 e. The Labute approximate surface area is 102 Å². The first kappa shape index (κ1) is 12.4. The van der Waals surface area contributed by atoms with Crippen molar-refractivity contribution < 1.29 is 18.0 Å². The van der Waals surface area contributed by atoms with Gasteiger partial charge in [-0.2, -0.15) is 13.2 Å². The minimum Gasteiger partial charge on any atom is -0.294 e. The van der Waals surface area contributed by atoms with Crippen molar-refractivity contribution in [2.75, 3.05) is 0 Å². The number of carbonyl (C=O) groups is 1. The third kappa shape index (κ3) is 2.46. The Bertz CT molecular complexity index is 450. The highest BCUT2D eigenvalue weighted by Crippen LogP contribution is 2.37. The molecule has 0 amide bonds. The van der Waals surface area contributed by atoms with Crippen molar-refractivity contribution in [3.05, 3.63) is 34.3 Å². The zero-order valence-corrected chi connectivity index (χ0v) is 9.61. The van der Waals surface area contributed by atoms with Gasteiger partial charge in [-0.15, -0.1) is 0 Å². The highest BCUT2D eigenvalue weighted by atomic mass is 35.5. The molecule has 0 unspecified atom stereocenters. The second kappa shape index (κ2) is 4.33. The van der Waals surface area contributed by atoms with Crippen LogP contribution in [0, 0.1) is 5.92 Å². The van der Waals surface area contributed by atoms with E-state index in [9.17, 15) is 18.0 Å². The Hall–Kier alpha value is -1.03. The van der Waals surface area contributed by atoms with Gasteiger partial charge in [-0.1, -0.05) is 18.0 Å². The van der Waals surface area contributed by atoms with Crippen LogP contribution in [0.1, 0.15) is 35.2 Å². The zero-order chi connectivity index (χ0) is 12.6. The molecule has 0 N–H and O–H groups in total. The largest absolute Gasteiger partial charge is 0.417 e. The molecule has 0 saturated heterocycles. The molecule has 1 aromatic carbocycles. The van der Waals surface area contributed by atoms with Crippen molar-refractivity contribution in [1.29, 1.82) is 0 Å². The molecule has 0 aromatic heterocycles. The zero-order valence-electron chi connectivity index (χ0n) is 8.85. The maximum atomic E-state index is 12.7. The van der Waals surface area contributed by atoms with Gasteiger partial charge >= 0.3 is 6.18 Å². The van der Waals surface area contributed by atoms with Crippen LogP contribution in [0.15, 0.2) is 18.2 Å². The fourth-order valence-corrected chi connectivity index (χ4v) is 2.03. The van der Waals surface area contributed by atoms with Crippen LogP contribution in [0.25, 0.3) is 0 Å². The molecule has 1 aliphatic carbocycles. The molecule has 5 heteroatoms. The van der Waals surface area contributed by atoms with E-state index in [0.29, 0.717) is 12.8 Å². The van der Waals surface area contributed by atoms with Gasteiger partial charge in [0.15, 0.2) is 5.78 Å². The van der Waals surface area contributed by atoms with Gasteiger partial charge in [0.25, 0.3) is 0 Å². The van der Waals surface area contributed by atoms with E-state index in [2.05, 4.69) is 0 Å². The lowest BCUT2D eigenvalue weighted by Gasteiger charge is -2.25. The lowest BCUT2D eigenvalue weighted by molar-refractivity contribution is -0.138. The van der Waals surface area contributed by atoms with Crippen LogP contribution >= 0.6 is 11.6 Å². The van der Waals surface area contributed by atoms with Gasteiger partial charge in [0.1, 0.15) is 0 Å². The lowest BCUT2D eigenvalue weighted by Crippen LogP contribution is -2.24. The molecule has 0 radical (unpaired) electrons. The molecule has 1 saturated carbocycles. The van der Waals surface area contributed by atoms with Gasteiger partial charge in [-0.3, -0.25) is 4.79 Å². The number of hydrogen-bond donors (Lipinski definition) is 0. The van der Waals surface area contributed by atoms with Crippen LogP contribution in [-0.2, 0) is 6.18 Å². The summed E-state index contributed by atoms with van der Waals surface area (Å²) in [5, 5.41) is 0.153. The predicted molar refractivity (Wildman–Crippen MR) is 58.1 cm³/mol. The summed E-state index contributed by atoms with van der Waals surface area (Å²) in [6, 6.07) is 3.14. The van der Waals surface area contributed by atoms with Crippen molar-refractivity contribution in [2.45, 2.75) is 25.4 Å². The first-order valence-corrected chi connectivity index (χ1v) is 5.68. The van der Waals surface area contributed by atoms with E-state index in [1.807, 2.05) is 0 Å². The third-order valence-electron chi connectivity index (χ3n) is 3.03. The summed E-state index contributed by atoms with van der Waals surface area (Å²) in [5.41, 5.74) is -1.19. The van der Waals surface area contributed by atoms with Crippen LogP contribution in [0.4, 0.5) is 13.2 Å². The summed E-state index contributed by atoms with van der Waals surface area (Å²) >= 11 is 5.66. The minimum absolute atomic E-state index is 0.153. The molecular weight excluding hydrogens is 253 g/mol. The van der Waals surface area contributed by atoms with Crippen molar-refractivity contribution in [3.63, 3.8) is 0 Å². The topological polar surface area (TPSA) is 17.1 Å². The number of carbonyl (C=O) groups excluding carboxylic acids is 1. The van der Waals surface area contributed by atoms with Gasteiger partial charge in [-0.25, -0.2) is 0 Å². The number of alkyl halides is 3. The van der Waals surface area contributed by atoms with Crippen LogP contribution in [0.5, 0.6) is 0 Å². The molecule has 0 atom stereocenters. The molecule has 2 rings (SSSR count). The SMILES string of the molecule is O=C(c1cc(Cl)ccc1C(F)(F)F)C1CCC1. The normalized spacial score (nSPS) is 16.7. The maximum Gasteiger partial charge on any atom is 0.417 e. The second-order valence-electron chi connectivity index (χ2n) is 4.18. The average Bonchev–Trinajstić information content (AvgIpc) is 2.12. The standard InChI is InChI=1S/C12H10ClF3O/c13-8-4-5-10(12(14,15)16)9(6-8)11(17)7-2-1-3-7/h4-7H,1-3H2. The number of ketones is 1. The maximum absolute atomic E-state index is 12.7. The van der Waals surface area contributed by atoms with E-state index in [1.54, 1.807) is 0 Å². The number of Topliss-reactive ketones (excluding diaryl/α,β-unsaturated/α-hetero) is 1. The van der Waals surface area contributed by atoms with Crippen molar-refractivity contribution in [2.24, 2.45) is 5.92 Å². The summed E-state index contributed by atoms with van der Waals surface area (Å²) in [6.45, 7) is 0. The molecule has 1 aliphatic rings. The molecular formula is C12H10ClF3O. The molecule has 17 heavy (non-hydrogen) atoms. The first-order chi connectivity index (χ1) is 7.89. The number of benzene rings is 1. The molecule has 1 aromatic rings. The number of halogens is 4. The summed E-state index contributed by atoms with van der Waals surface area (Å²) < 4.78 is 38.2. The van der Waals surface area contributed by atoms with Gasteiger partial charge in [0.2, 0.25) is 0 Å². The predicted octanol–water partition coefficient (Wildman–Crippen LogP) is 4.34. The van der Waals surface area contributed by atoms with E-state index < -0.39 is 17.5 Å². The minimum atomic E-state index is -4.51. The Balaban J connectivity index is 2.43.